The van der Waals surface area contributed by atoms with Gasteiger partial charge in [-0.25, -0.2) is 17.6 Å². The monoisotopic (exact) mass is 472 g/mol. The second kappa shape index (κ2) is 9.58. The lowest BCUT2D eigenvalue weighted by Gasteiger charge is -2.20. The van der Waals surface area contributed by atoms with E-state index in [2.05, 4.69) is 20.4 Å². The fourth-order valence-corrected chi connectivity index (χ4v) is 5.03. The Hall–Kier alpha value is -3.20. The van der Waals surface area contributed by atoms with Crippen LogP contribution >= 0.6 is 0 Å². The van der Waals surface area contributed by atoms with Crippen molar-refractivity contribution in [2.45, 2.75) is 18.9 Å². The van der Waals surface area contributed by atoms with Gasteiger partial charge in [0.2, 0.25) is 0 Å². The molecule has 1 aliphatic heterocycles. The Labute approximate surface area is 194 Å². The van der Waals surface area contributed by atoms with Gasteiger partial charge < -0.3 is 10.1 Å². The molecule has 5 nitrogen and oxygen atoms in total. The van der Waals surface area contributed by atoms with E-state index in [-0.39, 0.29) is 23.1 Å². The first-order valence-corrected chi connectivity index (χ1v) is 11.3. The summed E-state index contributed by atoms with van der Waals surface area (Å²) in [6.45, 7) is 3.40. The van der Waals surface area contributed by atoms with Gasteiger partial charge in [0.25, 0.3) is 0 Å². The lowest BCUT2D eigenvalue weighted by atomic mass is 10.0. The third-order valence-corrected chi connectivity index (χ3v) is 6.60. The molecular weight excluding hydrogens is 448 g/mol. The van der Waals surface area contributed by atoms with E-state index in [4.69, 9.17) is 4.74 Å². The number of anilines is 1. The Bertz CT molecular complexity index is 1130. The van der Waals surface area contributed by atoms with Gasteiger partial charge in [0.1, 0.15) is 29.8 Å². The zero-order chi connectivity index (χ0) is 23.7. The number of fused-ring (bicyclic) bond motifs is 1. The number of ether oxygens (including phenoxy) is 1. The SMILES string of the molecule is Fc1ccc(OCCN2C[C@H]3CC(Nc4ccc(-c5cc(F)cc(F)c5F)nn4)C[C@H]3C2)cc1. The summed E-state index contributed by atoms with van der Waals surface area (Å²) in [4.78, 5) is 2.40. The highest BCUT2D eigenvalue weighted by atomic mass is 19.2. The normalized spacial score (nSPS) is 22.1. The predicted octanol–water partition coefficient (Wildman–Crippen LogP) is 4.90. The molecule has 2 aromatic carbocycles. The molecular formula is C25H24F4N4O. The van der Waals surface area contributed by atoms with Crippen molar-refractivity contribution >= 4 is 5.82 Å². The topological polar surface area (TPSA) is 50.3 Å². The maximum Gasteiger partial charge on any atom is 0.168 e. The first-order valence-electron chi connectivity index (χ1n) is 11.3. The average molecular weight is 472 g/mol. The van der Waals surface area contributed by atoms with E-state index < -0.39 is 17.5 Å². The summed E-state index contributed by atoms with van der Waals surface area (Å²) in [7, 11) is 0. The van der Waals surface area contributed by atoms with Crippen LogP contribution in [0.5, 0.6) is 5.75 Å². The number of aromatic nitrogens is 2. The van der Waals surface area contributed by atoms with Crippen LogP contribution in [-0.2, 0) is 0 Å². The minimum atomic E-state index is -1.26. The Morgan fingerprint density at radius 1 is 0.882 bits per heavy atom. The van der Waals surface area contributed by atoms with E-state index in [0.717, 1.165) is 38.5 Å². The van der Waals surface area contributed by atoms with E-state index in [1.54, 1.807) is 18.2 Å². The molecule has 0 spiro atoms. The van der Waals surface area contributed by atoms with Crippen LogP contribution < -0.4 is 10.1 Å². The van der Waals surface area contributed by atoms with Crippen molar-refractivity contribution < 1.29 is 22.3 Å². The molecule has 0 radical (unpaired) electrons. The molecule has 2 aliphatic rings. The number of nitrogens with zero attached hydrogens (tertiary/aromatic N) is 3. The van der Waals surface area contributed by atoms with Crippen molar-refractivity contribution in [1.29, 1.82) is 0 Å². The van der Waals surface area contributed by atoms with Gasteiger partial charge in [-0.15, -0.1) is 10.2 Å². The molecule has 1 aliphatic carbocycles. The molecule has 5 rings (SSSR count). The minimum Gasteiger partial charge on any atom is -0.492 e. The first-order chi connectivity index (χ1) is 16.4. The molecule has 178 valence electrons. The standard InChI is InChI=1S/C25H24F4N4O/c26-17-1-3-20(4-2-17)34-8-7-33-13-15-9-19(10-16(15)14-33)30-24-6-5-23(31-32-24)21-11-18(27)12-22(28)25(21)29/h1-6,11-12,15-16,19H,7-10,13-14H2,(H,30,32)/t15-,16+,19?. The second-order valence-corrected chi connectivity index (χ2v) is 8.95. The molecule has 1 N–H and O–H groups in total. The van der Waals surface area contributed by atoms with Crippen LogP contribution in [0, 0.1) is 35.1 Å². The second-order valence-electron chi connectivity index (χ2n) is 8.95. The molecule has 1 saturated carbocycles. The Kier molecular flexibility index (Phi) is 6.36. The Balaban J connectivity index is 1.10. The van der Waals surface area contributed by atoms with Gasteiger partial charge in [-0.1, -0.05) is 0 Å². The number of benzene rings is 2. The molecule has 2 heterocycles. The number of nitrogens with one attached hydrogen (secondary N) is 1. The van der Waals surface area contributed by atoms with Crippen LogP contribution in [0.2, 0.25) is 0 Å². The molecule has 3 aromatic rings. The summed E-state index contributed by atoms with van der Waals surface area (Å²) < 4.78 is 59.6. The zero-order valence-electron chi connectivity index (χ0n) is 18.4. The zero-order valence-corrected chi connectivity index (χ0v) is 18.4. The van der Waals surface area contributed by atoms with Gasteiger partial charge in [0.05, 0.1) is 5.69 Å². The predicted molar refractivity (Wildman–Crippen MR) is 119 cm³/mol. The van der Waals surface area contributed by atoms with E-state index in [1.165, 1.54) is 18.2 Å². The van der Waals surface area contributed by atoms with E-state index in [0.29, 0.717) is 36.1 Å². The number of halogens is 4. The van der Waals surface area contributed by atoms with Crippen LogP contribution in [0.4, 0.5) is 23.4 Å². The highest BCUT2D eigenvalue weighted by Gasteiger charge is 2.40. The lowest BCUT2D eigenvalue weighted by molar-refractivity contribution is 0.226. The number of likely N-dealkylation sites (tertiary alicyclic amines) is 1. The van der Waals surface area contributed by atoms with Crippen molar-refractivity contribution in [2.24, 2.45) is 11.8 Å². The average Bonchev–Trinajstić information content (AvgIpc) is 3.36. The molecule has 1 saturated heterocycles. The first kappa shape index (κ1) is 22.6. The van der Waals surface area contributed by atoms with Crippen molar-refractivity contribution in [3.05, 3.63) is 71.8 Å². The van der Waals surface area contributed by atoms with Crippen molar-refractivity contribution in [1.82, 2.24) is 15.1 Å². The van der Waals surface area contributed by atoms with Crippen molar-refractivity contribution in [3.8, 4) is 17.0 Å². The van der Waals surface area contributed by atoms with Gasteiger partial charge in [-0.05, 0) is 67.1 Å². The molecule has 1 unspecified atom stereocenters. The van der Waals surface area contributed by atoms with Crippen molar-refractivity contribution in [3.63, 3.8) is 0 Å². The molecule has 0 bridgehead atoms. The fourth-order valence-electron chi connectivity index (χ4n) is 5.03. The van der Waals surface area contributed by atoms with Crippen molar-refractivity contribution in [2.75, 3.05) is 31.6 Å². The summed E-state index contributed by atoms with van der Waals surface area (Å²) in [5.41, 5.74) is -0.182. The fraction of sp³-hybridized carbons (Fsp3) is 0.360. The molecule has 3 atom stereocenters. The molecule has 0 amide bonds. The van der Waals surface area contributed by atoms with E-state index >= 15 is 0 Å². The number of hydrogen-bond acceptors (Lipinski definition) is 5. The third-order valence-electron chi connectivity index (χ3n) is 6.60. The highest BCUT2D eigenvalue weighted by molar-refractivity contribution is 5.60. The van der Waals surface area contributed by atoms with Gasteiger partial charge in [-0.3, -0.25) is 4.90 Å². The summed E-state index contributed by atoms with van der Waals surface area (Å²) in [5, 5.41) is 11.4. The molecule has 2 fully saturated rings. The van der Waals surface area contributed by atoms with Crippen LogP contribution in [-0.4, -0.2) is 47.4 Å². The van der Waals surface area contributed by atoms with E-state index in [9.17, 15) is 17.6 Å². The van der Waals surface area contributed by atoms with Gasteiger partial charge in [-0.2, -0.15) is 0 Å². The Morgan fingerprint density at radius 3 is 2.29 bits per heavy atom. The van der Waals surface area contributed by atoms with Crippen LogP contribution in [0.1, 0.15) is 12.8 Å². The summed E-state index contributed by atoms with van der Waals surface area (Å²) >= 11 is 0. The summed E-state index contributed by atoms with van der Waals surface area (Å²) in [6, 6.07) is 10.9. The molecule has 9 heteroatoms. The Morgan fingerprint density at radius 2 is 1.62 bits per heavy atom. The quantitative estimate of drug-likeness (QED) is 0.392. The lowest BCUT2D eigenvalue weighted by Crippen LogP contribution is -2.29. The van der Waals surface area contributed by atoms with Gasteiger partial charge in [0, 0.05) is 37.3 Å². The van der Waals surface area contributed by atoms with Crippen LogP contribution in [0.25, 0.3) is 11.3 Å². The van der Waals surface area contributed by atoms with E-state index in [1.807, 2.05) is 0 Å². The summed E-state index contributed by atoms with van der Waals surface area (Å²) in [5.74, 6) is -1.16. The van der Waals surface area contributed by atoms with Crippen LogP contribution in [0.15, 0.2) is 48.5 Å². The van der Waals surface area contributed by atoms with Gasteiger partial charge >= 0.3 is 0 Å². The summed E-state index contributed by atoms with van der Waals surface area (Å²) in [6.07, 6.45) is 2.01. The van der Waals surface area contributed by atoms with Gasteiger partial charge in [0.15, 0.2) is 11.6 Å². The number of rotatable bonds is 7. The smallest absolute Gasteiger partial charge is 0.168 e. The maximum absolute atomic E-state index is 14.0. The minimum absolute atomic E-state index is 0.0724. The third kappa shape index (κ3) is 4.99. The molecule has 1 aromatic heterocycles. The maximum atomic E-state index is 14.0. The highest BCUT2D eigenvalue weighted by Crippen LogP contribution is 2.39. The largest absolute Gasteiger partial charge is 0.492 e. The van der Waals surface area contributed by atoms with Crippen LogP contribution in [0.3, 0.4) is 0 Å². The molecule has 34 heavy (non-hydrogen) atoms. The number of hydrogen-bond donors (Lipinski definition) is 1.